The predicted molar refractivity (Wildman–Crippen MR) is 69.8 cm³/mol. The highest BCUT2D eigenvalue weighted by Crippen LogP contribution is 2.09. The third-order valence-electron chi connectivity index (χ3n) is 2.28. The van der Waals surface area contributed by atoms with Gasteiger partial charge in [-0.15, -0.1) is 11.3 Å². The van der Waals surface area contributed by atoms with Crippen molar-refractivity contribution in [3.8, 4) is 11.8 Å². The van der Waals surface area contributed by atoms with E-state index in [2.05, 4.69) is 21.8 Å². The first-order chi connectivity index (χ1) is 8.42. The molecule has 0 aliphatic rings. The van der Waals surface area contributed by atoms with Gasteiger partial charge in [0.2, 0.25) is 0 Å². The van der Waals surface area contributed by atoms with Crippen LogP contribution in [0.2, 0.25) is 0 Å². The largest absolute Gasteiger partial charge is 0.252 e. The van der Waals surface area contributed by atoms with Crippen LogP contribution in [0.1, 0.15) is 10.6 Å². The first kappa shape index (κ1) is 10.0. The van der Waals surface area contributed by atoms with Gasteiger partial charge in [0.15, 0.2) is 0 Å². The predicted octanol–water partition coefficient (Wildman–Crippen LogP) is 3.09. The van der Waals surface area contributed by atoms with Crippen molar-refractivity contribution in [2.24, 2.45) is 0 Å². The molecule has 0 radical (unpaired) electrons. The molecule has 0 N–H and O–H groups in total. The number of hydrogen-bond donors (Lipinski definition) is 0. The molecule has 0 bridgehead atoms. The Labute approximate surface area is 103 Å². The number of rotatable bonds is 0. The van der Waals surface area contributed by atoms with E-state index < -0.39 is 0 Å². The number of hydrogen-bond acceptors (Lipinski definition) is 3. The topological polar surface area (TPSA) is 25.8 Å². The molecule has 0 saturated carbocycles. The Morgan fingerprint density at radius 3 is 2.65 bits per heavy atom. The Morgan fingerprint density at radius 2 is 1.82 bits per heavy atom. The lowest BCUT2D eigenvalue weighted by Crippen LogP contribution is -1.87. The van der Waals surface area contributed by atoms with E-state index in [4.69, 9.17) is 0 Å². The summed E-state index contributed by atoms with van der Waals surface area (Å²) in [4.78, 5) is 9.80. The molecule has 0 aliphatic heterocycles. The second kappa shape index (κ2) is 4.36. The van der Waals surface area contributed by atoms with Gasteiger partial charge in [0.25, 0.3) is 0 Å². The third-order valence-corrected chi connectivity index (χ3v) is 3.07. The number of fused-ring (bicyclic) bond motifs is 1. The standard InChI is InChI=1S/C14H8N2S/c1-2-6-14-13(5-1)15-10-11(16-14)7-8-12-4-3-9-17-12/h1-6,9-10H. The third kappa shape index (κ3) is 2.17. The highest BCUT2D eigenvalue weighted by Gasteiger charge is 1.95. The minimum absolute atomic E-state index is 0.706. The fourth-order valence-electron chi connectivity index (χ4n) is 1.49. The molecule has 0 fully saturated rings. The number of aromatic nitrogens is 2. The molecule has 80 valence electrons. The van der Waals surface area contributed by atoms with Crippen LogP contribution in [0.4, 0.5) is 0 Å². The lowest BCUT2D eigenvalue weighted by Gasteiger charge is -1.95. The fourth-order valence-corrected chi connectivity index (χ4v) is 2.06. The Bertz CT molecular complexity index is 706. The average Bonchev–Trinajstić information content (AvgIpc) is 2.89. The van der Waals surface area contributed by atoms with Gasteiger partial charge in [0.05, 0.1) is 22.1 Å². The molecule has 3 heteroatoms. The van der Waals surface area contributed by atoms with E-state index in [1.807, 2.05) is 41.8 Å². The van der Waals surface area contributed by atoms with Gasteiger partial charge in [-0.1, -0.05) is 18.2 Å². The highest BCUT2D eigenvalue weighted by molar-refractivity contribution is 7.10. The Balaban J connectivity index is 2.01. The van der Waals surface area contributed by atoms with Crippen molar-refractivity contribution in [1.82, 2.24) is 9.97 Å². The summed E-state index contributed by atoms with van der Waals surface area (Å²) in [5.41, 5.74) is 2.48. The van der Waals surface area contributed by atoms with Gasteiger partial charge >= 0.3 is 0 Å². The number of nitrogens with zero attached hydrogens (tertiary/aromatic N) is 2. The molecule has 3 aromatic rings. The van der Waals surface area contributed by atoms with Crippen LogP contribution in [0, 0.1) is 11.8 Å². The van der Waals surface area contributed by atoms with Crippen LogP contribution in [-0.2, 0) is 0 Å². The van der Waals surface area contributed by atoms with E-state index in [1.165, 1.54) is 0 Å². The van der Waals surface area contributed by atoms with Crippen LogP contribution in [0.3, 0.4) is 0 Å². The molecule has 0 unspecified atom stereocenters. The number of benzene rings is 1. The summed E-state index contributed by atoms with van der Waals surface area (Å²) < 4.78 is 0. The summed E-state index contributed by atoms with van der Waals surface area (Å²) in [6, 6.07) is 11.8. The van der Waals surface area contributed by atoms with E-state index in [-0.39, 0.29) is 0 Å². The molecule has 0 amide bonds. The molecule has 2 aromatic heterocycles. The maximum Gasteiger partial charge on any atom is 0.132 e. The first-order valence-electron chi connectivity index (χ1n) is 5.19. The zero-order valence-corrected chi connectivity index (χ0v) is 9.74. The van der Waals surface area contributed by atoms with Gasteiger partial charge in [0.1, 0.15) is 5.69 Å². The molecular weight excluding hydrogens is 228 g/mol. The molecule has 2 nitrogen and oxygen atoms in total. The van der Waals surface area contributed by atoms with Crippen LogP contribution in [0.25, 0.3) is 11.0 Å². The van der Waals surface area contributed by atoms with Crippen LogP contribution >= 0.6 is 11.3 Å². The normalized spacial score (nSPS) is 9.88. The molecule has 0 aliphatic carbocycles. The Hall–Kier alpha value is -2.18. The van der Waals surface area contributed by atoms with Crippen molar-refractivity contribution in [2.45, 2.75) is 0 Å². The minimum atomic E-state index is 0.706. The summed E-state index contributed by atoms with van der Waals surface area (Å²) in [6.45, 7) is 0. The number of thiophene rings is 1. The maximum absolute atomic E-state index is 4.44. The first-order valence-corrected chi connectivity index (χ1v) is 6.07. The van der Waals surface area contributed by atoms with Crippen molar-refractivity contribution in [3.05, 3.63) is 58.5 Å². The summed E-state index contributed by atoms with van der Waals surface area (Å²) in [6.07, 6.45) is 1.71. The summed E-state index contributed by atoms with van der Waals surface area (Å²) in [5.74, 6) is 6.10. The van der Waals surface area contributed by atoms with Crippen molar-refractivity contribution >= 4 is 22.4 Å². The van der Waals surface area contributed by atoms with Gasteiger partial charge in [0, 0.05) is 0 Å². The van der Waals surface area contributed by atoms with E-state index in [0.717, 1.165) is 15.9 Å². The fraction of sp³-hybridized carbons (Fsp3) is 0. The molecule has 3 rings (SSSR count). The molecule has 17 heavy (non-hydrogen) atoms. The van der Waals surface area contributed by atoms with Crippen LogP contribution in [0.15, 0.2) is 48.0 Å². The van der Waals surface area contributed by atoms with E-state index in [9.17, 15) is 0 Å². The average molecular weight is 236 g/mol. The van der Waals surface area contributed by atoms with Gasteiger partial charge in [-0.25, -0.2) is 4.98 Å². The Kier molecular flexibility index (Phi) is 2.57. The lowest BCUT2D eigenvalue weighted by atomic mass is 10.3. The van der Waals surface area contributed by atoms with Crippen LogP contribution in [-0.4, -0.2) is 9.97 Å². The van der Waals surface area contributed by atoms with E-state index in [0.29, 0.717) is 5.69 Å². The summed E-state index contributed by atoms with van der Waals surface area (Å²) in [5, 5.41) is 2.01. The van der Waals surface area contributed by atoms with Gasteiger partial charge in [-0.3, -0.25) is 4.98 Å². The lowest BCUT2D eigenvalue weighted by molar-refractivity contribution is 1.26. The summed E-state index contributed by atoms with van der Waals surface area (Å²) >= 11 is 1.62. The second-order valence-corrected chi connectivity index (χ2v) is 4.42. The zero-order chi connectivity index (χ0) is 11.5. The smallest absolute Gasteiger partial charge is 0.132 e. The molecule has 0 saturated heterocycles. The SMILES string of the molecule is C(#Cc1cccs1)c1cnc2ccccc2n1. The molecule has 0 atom stereocenters. The van der Waals surface area contributed by atoms with Crippen LogP contribution in [0.5, 0.6) is 0 Å². The maximum atomic E-state index is 4.44. The van der Waals surface area contributed by atoms with Crippen molar-refractivity contribution in [1.29, 1.82) is 0 Å². The van der Waals surface area contributed by atoms with Crippen LogP contribution < -0.4 is 0 Å². The highest BCUT2D eigenvalue weighted by atomic mass is 32.1. The molecule has 2 heterocycles. The Morgan fingerprint density at radius 1 is 0.941 bits per heavy atom. The van der Waals surface area contributed by atoms with Gasteiger partial charge in [-0.05, 0) is 35.4 Å². The monoisotopic (exact) mass is 236 g/mol. The van der Waals surface area contributed by atoms with Gasteiger partial charge in [-0.2, -0.15) is 0 Å². The van der Waals surface area contributed by atoms with Crippen molar-refractivity contribution in [2.75, 3.05) is 0 Å². The molecule has 0 spiro atoms. The summed E-state index contributed by atoms with van der Waals surface area (Å²) in [7, 11) is 0. The van der Waals surface area contributed by atoms with Gasteiger partial charge < -0.3 is 0 Å². The second-order valence-electron chi connectivity index (χ2n) is 3.47. The van der Waals surface area contributed by atoms with E-state index >= 15 is 0 Å². The zero-order valence-electron chi connectivity index (χ0n) is 8.92. The van der Waals surface area contributed by atoms with Crippen molar-refractivity contribution in [3.63, 3.8) is 0 Å². The molecular formula is C14H8N2S. The van der Waals surface area contributed by atoms with E-state index in [1.54, 1.807) is 17.5 Å². The quantitative estimate of drug-likeness (QED) is 0.560. The minimum Gasteiger partial charge on any atom is -0.252 e. The number of para-hydroxylation sites is 2. The van der Waals surface area contributed by atoms with Crippen molar-refractivity contribution < 1.29 is 0 Å². The molecule has 1 aromatic carbocycles.